The molecule has 1 fully saturated rings. The predicted octanol–water partition coefficient (Wildman–Crippen LogP) is 1.55. The summed E-state index contributed by atoms with van der Waals surface area (Å²) in [4.78, 5) is 48.1. The van der Waals surface area contributed by atoms with Crippen molar-refractivity contribution in [2.45, 2.75) is 20.0 Å². The van der Waals surface area contributed by atoms with Crippen molar-refractivity contribution in [3.8, 4) is 11.5 Å². The SMILES string of the molecule is COc1cc(/C=C2\SC(=O)N(CC(=O)OC(C)C)C2=O)ccc1OCC(N)=O. The maximum absolute atomic E-state index is 12.4. The third-order valence-electron chi connectivity index (χ3n) is 3.38. The molecule has 1 aromatic rings. The highest BCUT2D eigenvalue weighted by Gasteiger charge is 2.36. The Kier molecular flexibility index (Phi) is 7.05. The maximum atomic E-state index is 12.4. The van der Waals surface area contributed by atoms with Crippen LogP contribution in [0.3, 0.4) is 0 Å². The van der Waals surface area contributed by atoms with Gasteiger partial charge in [-0.1, -0.05) is 6.07 Å². The van der Waals surface area contributed by atoms with Gasteiger partial charge in [-0.05, 0) is 49.4 Å². The summed E-state index contributed by atoms with van der Waals surface area (Å²) >= 11 is 0.727. The van der Waals surface area contributed by atoms with Gasteiger partial charge in [0, 0.05) is 0 Å². The van der Waals surface area contributed by atoms with E-state index in [2.05, 4.69) is 0 Å². The molecule has 10 heteroatoms. The van der Waals surface area contributed by atoms with Gasteiger partial charge in [-0.25, -0.2) is 0 Å². The molecule has 0 aliphatic carbocycles. The minimum Gasteiger partial charge on any atom is -0.493 e. The molecular formula is C18H20N2O7S. The Morgan fingerprint density at radius 2 is 1.96 bits per heavy atom. The maximum Gasteiger partial charge on any atom is 0.326 e. The quantitative estimate of drug-likeness (QED) is 0.507. The lowest BCUT2D eigenvalue weighted by molar-refractivity contribution is -0.149. The van der Waals surface area contributed by atoms with E-state index in [4.69, 9.17) is 19.9 Å². The highest BCUT2D eigenvalue weighted by Crippen LogP contribution is 2.34. The minimum absolute atomic E-state index is 0.162. The molecule has 28 heavy (non-hydrogen) atoms. The van der Waals surface area contributed by atoms with E-state index in [0.29, 0.717) is 17.1 Å². The number of thioether (sulfide) groups is 1. The van der Waals surface area contributed by atoms with Crippen LogP contribution in [0.4, 0.5) is 4.79 Å². The van der Waals surface area contributed by atoms with E-state index >= 15 is 0 Å². The van der Waals surface area contributed by atoms with Crippen molar-refractivity contribution in [3.05, 3.63) is 28.7 Å². The molecule has 0 bridgehead atoms. The fraction of sp³-hybridized carbons (Fsp3) is 0.333. The van der Waals surface area contributed by atoms with Gasteiger partial charge in [0.15, 0.2) is 18.1 Å². The highest BCUT2D eigenvalue weighted by molar-refractivity contribution is 8.18. The number of nitrogens with two attached hydrogens (primary N) is 1. The number of hydrogen-bond acceptors (Lipinski definition) is 8. The Balaban J connectivity index is 2.16. The lowest BCUT2D eigenvalue weighted by atomic mass is 10.2. The number of ether oxygens (including phenoxy) is 3. The Morgan fingerprint density at radius 3 is 2.57 bits per heavy atom. The zero-order valence-corrected chi connectivity index (χ0v) is 16.4. The Hall–Kier alpha value is -3.01. The molecule has 1 saturated heterocycles. The van der Waals surface area contributed by atoms with Gasteiger partial charge in [0.1, 0.15) is 6.54 Å². The van der Waals surface area contributed by atoms with E-state index < -0.39 is 29.6 Å². The number of esters is 1. The van der Waals surface area contributed by atoms with E-state index in [1.54, 1.807) is 32.0 Å². The third-order valence-corrected chi connectivity index (χ3v) is 4.29. The average molecular weight is 408 g/mol. The van der Waals surface area contributed by atoms with Crippen molar-refractivity contribution < 1.29 is 33.4 Å². The second-order valence-electron chi connectivity index (χ2n) is 5.97. The van der Waals surface area contributed by atoms with Crippen LogP contribution in [-0.2, 0) is 19.1 Å². The van der Waals surface area contributed by atoms with Gasteiger partial charge in [-0.3, -0.25) is 24.1 Å². The number of hydrogen-bond donors (Lipinski definition) is 1. The summed E-state index contributed by atoms with van der Waals surface area (Å²) in [5.74, 6) is -1.23. The molecule has 1 heterocycles. The van der Waals surface area contributed by atoms with Crippen molar-refractivity contribution in [1.82, 2.24) is 4.90 Å². The summed E-state index contributed by atoms with van der Waals surface area (Å²) in [5, 5.41) is -0.551. The molecule has 2 rings (SSSR count). The minimum atomic E-state index is -0.656. The number of carbonyl (C=O) groups excluding carboxylic acids is 4. The molecular weight excluding hydrogens is 388 g/mol. The lowest BCUT2D eigenvalue weighted by Gasteiger charge is -2.13. The first-order valence-electron chi connectivity index (χ1n) is 8.25. The number of rotatable bonds is 8. The fourth-order valence-corrected chi connectivity index (χ4v) is 3.10. The molecule has 0 radical (unpaired) electrons. The summed E-state index contributed by atoms with van der Waals surface area (Å²) in [6.07, 6.45) is 1.16. The normalized spacial score (nSPS) is 15.3. The molecule has 0 unspecified atom stereocenters. The van der Waals surface area contributed by atoms with Crippen LogP contribution in [0.15, 0.2) is 23.1 Å². The van der Waals surface area contributed by atoms with E-state index in [-0.39, 0.29) is 17.6 Å². The fourth-order valence-electron chi connectivity index (χ4n) is 2.26. The molecule has 1 aromatic carbocycles. The van der Waals surface area contributed by atoms with Gasteiger partial charge >= 0.3 is 5.97 Å². The first-order chi connectivity index (χ1) is 13.2. The molecule has 0 saturated carbocycles. The predicted molar refractivity (Wildman–Crippen MR) is 102 cm³/mol. The van der Waals surface area contributed by atoms with Crippen molar-refractivity contribution in [3.63, 3.8) is 0 Å². The smallest absolute Gasteiger partial charge is 0.326 e. The summed E-state index contributed by atoms with van der Waals surface area (Å²) in [7, 11) is 1.42. The number of primary amides is 1. The summed E-state index contributed by atoms with van der Waals surface area (Å²) < 4.78 is 15.4. The Bertz CT molecular complexity index is 835. The van der Waals surface area contributed by atoms with Crippen molar-refractivity contribution in [2.75, 3.05) is 20.3 Å². The topological polar surface area (TPSA) is 125 Å². The molecule has 1 aliphatic rings. The van der Waals surface area contributed by atoms with Crippen molar-refractivity contribution in [2.24, 2.45) is 5.73 Å². The monoisotopic (exact) mass is 408 g/mol. The summed E-state index contributed by atoms with van der Waals surface area (Å²) in [6, 6.07) is 4.76. The number of carbonyl (C=O) groups is 4. The van der Waals surface area contributed by atoms with E-state index in [9.17, 15) is 19.2 Å². The zero-order chi connectivity index (χ0) is 20.8. The molecule has 0 spiro atoms. The van der Waals surface area contributed by atoms with Gasteiger partial charge in [-0.15, -0.1) is 0 Å². The van der Waals surface area contributed by atoms with Crippen LogP contribution in [0.2, 0.25) is 0 Å². The summed E-state index contributed by atoms with van der Waals surface area (Å²) in [6.45, 7) is 2.61. The highest BCUT2D eigenvalue weighted by atomic mass is 32.2. The first kappa shape index (κ1) is 21.3. The van der Waals surface area contributed by atoms with Crippen LogP contribution in [-0.4, -0.2) is 54.3 Å². The van der Waals surface area contributed by atoms with Crippen LogP contribution in [0.1, 0.15) is 19.4 Å². The van der Waals surface area contributed by atoms with Gasteiger partial charge in [0.25, 0.3) is 17.1 Å². The summed E-state index contributed by atoms with van der Waals surface area (Å²) in [5.41, 5.74) is 5.62. The number of amides is 3. The first-order valence-corrected chi connectivity index (χ1v) is 9.07. The van der Waals surface area contributed by atoms with Gasteiger partial charge in [0.2, 0.25) is 0 Å². The number of nitrogens with zero attached hydrogens (tertiary/aromatic N) is 1. The standard InChI is InChI=1S/C18H20N2O7S/c1-10(2)27-16(22)8-20-17(23)14(28-18(20)24)7-11-4-5-12(13(6-11)25-3)26-9-15(19)21/h4-7,10H,8-9H2,1-3H3,(H2,19,21)/b14-7-. The second kappa shape index (κ2) is 9.27. The van der Waals surface area contributed by atoms with E-state index in [0.717, 1.165) is 16.7 Å². The average Bonchev–Trinajstić information content (AvgIpc) is 2.87. The lowest BCUT2D eigenvalue weighted by Crippen LogP contribution is -2.35. The van der Waals surface area contributed by atoms with E-state index in [1.807, 2.05) is 0 Å². The van der Waals surface area contributed by atoms with E-state index in [1.165, 1.54) is 13.2 Å². The van der Waals surface area contributed by atoms with Gasteiger partial charge < -0.3 is 19.9 Å². The molecule has 3 amide bonds. The molecule has 1 aliphatic heterocycles. The van der Waals surface area contributed by atoms with Gasteiger partial charge in [-0.2, -0.15) is 0 Å². The van der Waals surface area contributed by atoms with Crippen LogP contribution in [0, 0.1) is 0 Å². The van der Waals surface area contributed by atoms with Crippen molar-refractivity contribution in [1.29, 1.82) is 0 Å². The van der Waals surface area contributed by atoms with Crippen molar-refractivity contribution >= 4 is 40.9 Å². The third kappa shape index (κ3) is 5.49. The largest absolute Gasteiger partial charge is 0.493 e. The number of benzene rings is 1. The van der Waals surface area contributed by atoms with Crippen LogP contribution < -0.4 is 15.2 Å². The molecule has 150 valence electrons. The molecule has 9 nitrogen and oxygen atoms in total. The van der Waals surface area contributed by atoms with Gasteiger partial charge in [0.05, 0.1) is 18.1 Å². The Morgan fingerprint density at radius 1 is 1.25 bits per heavy atom. The van der Waals surface area contributed by atoms with Crippen LogP contribution in [0.5, 0.6) is 11.5 Å². The zero-order valence-electron chi connectivity index (χ0n) is 15.6. The molecule has 0 aromatic heterocycles. The molecule has 2 N–H and O–H groups in total. The molecule has 0 atom stereocenters. The second-order valence-corrected chi connectivity index (χ2v) is 6.96. The van der Waals surface area contributed by atoms with Crippen LogP contribution in [0.25, 0.3) is 6.08 Å². The number of methoxy groups -OCH3 is 1. The van der Waals surface area contributed by atoms with Crippen LogP contribution >= 0.6 is 11.8 Å². The Labute approximate surface area is 165 Å². The number of imide groups is 1.